The van der Waals surface area contributed by atoms with Crippen molar-refractivity contribution in [2.24, 2.45) is 0 Å². The molecule has 2 amide bonds. The first-order valence-corrected chi connectivity index (χ1v) is 33.0. The molecule has 592 valence electrons. The molecule has 0 aliphatic carbocycles. The van der Waals surface area contributed by atoms with Crippen LogP contribution in [0.25, 0.3) is 0 Å². The number of rotatable bonds is 40. The molecule has 4 aliphatic rings. The molecule has 5 rings (SSSR count). The van der Waals surface area contributed by atoms with Crippen molar-refractivity contribution in [1.82, 2.24) is 10.6 Å². The summed E-state index contributed by atoms with van der Waals surface area (Å²) in [4.78, 5) is 134. The number of nitrogens with one attached hydrogen (secondary N) is 2. The van der Waals surface area contributed by atoms with Crippen LogP contribution in [0.15, 0.2) is 43.5 Å². The maximum atomic E-state index is 15.1. The van der Waals surface area contributed by atoms with Gasteiger partial charge in [-0.15, -0.1) is 13.2 Å². The third kappa shape index (κ3) is 28.8. The first-order chi connectivity index (χ1) is 49.0. The lowest BCUT2D eigenvalue weighted by Gasteiger charge is -2.53. The van der Waals surface area contributed by atoms with E-state index in [1.807, 2.05) is 0 Å². The number of ether oxygens (including phenoxy) is 21. The standard InChI is InChI=1S/C63H95N3O35.C2H4.ClH/c1-32-48(76)49(77)50(78)60(90-32)99-54-47(66-34(3)69)59(87-27-26-86-25-24-85-23-22-84-21-20-83-19-18-82-17-16-64)96-43(29-67)51(54)98-61-57(95-40(9)75)56(53(94-39(8)74)45(97-61)31-89-58(79)41-14-12-11-13-15-41)101-63(62(80)81-10)28-42(91-36(5)71)46(65-33(2)68)55(100-63)52(93-38(7)73)44(92-37(6)72)30-88-35(4)70;1-2;/h11-15,32,42-57,59-61,67,76-78H,16-31,64H2,1-10H3,(H,65,68)(H,66,69);1-2H2;1H/t32-,42-,43+,44+,45+,46+,47+,48+,49+,50-,51+,52+,53-,54+,55+,56-,57+,59+,60-,61-,63-;;/m0../s1. The third-order valence-corrected chi connectivity index (χ3v) is 15.3. The van der Waals surface area contributed by atoms with Crippen LogP contribution in [0.1, 0.15) is 79.1 Å². The SMILES string of the molecule is C=C.COC(=O)[C@@]1(O[C@H]2[C@@H](OC(C)=O)[C@@H](COC(=O)c3ccccc3)O[C@@H](O[C@H]3[C@H](O[C@@H]4O[C@@H](C)[C@@H](O)[C@@H](O)[C@@H]4O)[C@@H](NC(C)=O)[C@H](OCCOCCOCCOCCOCCOCC[NH3+])O[C@@H]3CO)[C@@H]2OC(C)=O)C[C@H](OC(C)=O)[C@@H](NC(C)=O)[C@H]([C@H](OC(C)=O)[C@@H](COC(C)=O)OC(C)=O)O1.[Cl-]. The van der Waals surface area contributed by atoms with Crippen molar-refractivity contribution in [3.8, 4) is 0 Å². The Kier molecular flexibility index (Phi) is 41.3. The van der Waals surface area contributed by atoms with Crippen LogP contribution in [-0.4, -0.2) is 314 Å². The van der Waals surface area contributed by atoms with Crippen molar-refractivity contribution in [1.29, 1.82) is 0 Å². The lowest BCUT2D eigenvalue weighted by atomic mass is 9.87. The number of methoxy groups -OCH3 is 1. The van der Waals surface area contributed by atoms with E-state index in [4.69, 9.17) is 99.5 Å². The first-order valence-electron chi connectivity index (χ1n) is 33.0. The molecule has 0 unspecified atom stereocenters. The highest BCUT2D eigenvalue weighted by molar-refractivity contribution is 5.89. The minimum atomic E-state index is -3.22. The fourth-order valence-corrected chi connectivity index (χ4v) is 11.1. The van der Waals surface area contributed by atoms with E-state index in [1.54, 1.807) is 6.07 Å². The number of amides is 2. The van der Waals surface area contributed by atoms with Crippen LogP contribution in [0.4, 0.5) is 0 Å². The number of aliphatic hydroxyl groups is 4. The molecule has 0 radical (unpaired) electrons. The highest BCUT2D eigenvalue weighted by Gasteiger charge is 2.64. The predicted octanol–water partition coefficient (Wildman–Crippen LogP) is -6.69. The molecule has 21 atom stereocenters. The normalized spacial score (nSPS) is 29.2. The van der Waals surface area contributed by atoms with E-state index in [0.717, 1.165) is 62.5 Å². The minimum absolute atomic E-state index is 0. The van der Waals surface area contributed by atoms with E-state index in [-0.39, 0.29) is 57.6 Å². The van der Waals surface area contributed by atoms with Crippen LogP contribution in [0.2, 0.25) is 0 Å². The summed E-state index contributed by atoms with van der Waals surface area (Å²) in [5, 5.41) is 49.9. The van der Waals surface area contributed by atoms with Gasteiger partial charge in [0.25, 0.3) is 5.79 Å². The van der Waals surface area contributed by atoms with Gasteiger partial charge in [0.15, 0.2) is 43.3 Å². The summed E-state index contributed by atoms with van der Waals surface area (Å²) in [6, 6.07) is 3.99. The fraction of sp³-hybridized carbons (Fsp3) is 0.723. The second-order valence-corrected chi connectivity index (χ2v) is 23.3. The van der Waals surface area contributed by atoms with Gasteiger partial charge in [0.05, 0.1) is 117 Å². The first kappa shape index (κ1) is 91.4. The molecule has 1 aromatic carbocycles. The van der Waals surface area contributed by atoms with Gasteiger partial charge < -0.3 is 149 Å². The van der Waals surface area contributed by atoms with E-state index in [2.05, 4.69) is 29.5 Å². The Balaban J connectivity index is 0.00000928. The van der Waals surface area contributed by atoms with Crippen LogP contribution in [0.5, 0.6) is 0 Å². The van der Waals surface area contributed by atoms with Crippen LogP contribution >= 0.6 is 0 Å². The average Bonchev–Trinajstić information content (AvgIpc) is 0.743. The van der Waals surface area contributed by atoms with Crippen molar-refractivity contribution in [2.75, 3.05) is 106 Å². The van der Waals surface area contributed by atoms with Gasteiger partial charge in [-0.1, -0.05) is 18.2 Å². The zero-order valence-electron chi connectivity index (χ0n) is 59.7. The second-order valence-electron chi connectivity index (χ2n) is 23.3. The number of hydrogen-bond donors (Lipinski definition) is 7. The van der Waals surface area contributed by atoms with Gasteiger partial charge in [0, 0.05) is 55.4 Å². The number of carbonyl (C=O) groups excluding carboxylic acids is 10. The Morgan fingerprint density at radius 1 is 0.577 bits per heavy atom. The molecule has 4 fully saturated rings. The number of hydrogen-bond acceptors (Lipinski definition) is 35. The van der Waals surface area contributed by atoms with Crippen molar-refractivity contribution in [3.05, 3.63) is 49.1 Å². The van der Waals surface area contributed by atoms with Gasteiger partial charge in [-0.2, -0.15) is 0 Å². The summed E-state index contributed by atoms with van der Waals surface area (Å²) in [6.45, 7) is 15.0. The second kappa shape index (κ2) is 47.0. The topological polar surface area (TPSA) is 497 Å². The Labute approximate surface area is 606 Å². The molecule has 4 heterocycles. The lowest BCUT2D eigenvalue weighted by molar-refractivity contribution is -0.391. The van der Waals surface area contributed by atoms with Crippen LogP contribution in [-0.2, 0) is 143 Å². The number of quaternary nitrogens is 1. The Morgan fingerprint density at radius 3 is 1.61 bits per heavy atom. The summed E-state index contributed by atoms with van der Waals surface area (Å²) in [5.41, 5.74) is 3.69. The van der Waals surface area contributed by atoms with E-state index in [9.17, 15) is 63.6 Å². The fourth-order valence-electron chi connectivity index (χ4n) is 11.1. The monoisotopic (exact) mass is 1520 g/mol. The number of benzene rings is 1. The minimum Gasteiger partial charge on any atom is -1.00 e. The summed E-state index contributed by atoms with van der Waals surface area (Å²) < 4.78 is 124. The maximum absolute atomic E-state index is 15.1. The zero-order chi connectivity index (χ0) is 76.5. The van der Waals surface area contributed by atoms with Gasteiger partial charge in [-0.05, 0) is 19.1 Å². The molecular formula is C65H100ClN3O35. The summed E-state index contributed by atoms with van der Waals surface area (Å²) in [7, 11) is 0.828. The number of halogens is 1. The van der Waals surface area contributed by atoms with Crippen molar-refractivity contribution >= 4 is 59.6 Å². The van der Waals surface area contributed by atoms with Crippen molar-refractivity contribution in [2.45, 2.75) is 197 Å². The van der Waals surface area contributed by atoms with Crippen LogP contribution < -0.4 is 28.8 Å². The largest absolute Gasteiger partial charge is 1.00 e. The Hall–Kier alpha value is -6.77. The molecule has 38 nitrogen and oxygen atoms in total. The molecule has 0 aromatic heterocycles. The number of aliphatic hydroxyl groups excluding tert-OH is 4. The van der Waals surface area contributed by atoms with Crippen LogP contribution in [0.3, 0.4) is 0 Å². The van der Waals surface area contributed by atoms with Gasteiger partial charge in [0.2, 0.25) is 11.8 Å². The Morgan fingerprint density at radius 2 is 1.10 bits per heavy atom. The lowest BCUT2D eigenvalue weighted by Crippen LogP contribution is -3.00. The molecule has 0 bridgehead atoms. The zero-order valence-corrected chi connectivity index (χ0v) is 60.4. The molecular weight excluding hydrogens is 1420 g/mol. The van der Waals surface area contributed by atoms with Crippen molar-refractivity contribution < 1.29 is 186 Å². The summed E-state index contributed by atoms with van der Waals surface area (Å²) >= 11 is 0. The maximum Gasteiger partial charge on any atom is 0.366 e. The average molecular weight is 1520 g/mol. The Bertz CT molecular complexity index is 2830. The molecule has 0 spiro atoms. The highest BCUT2D eigenvalue weighted by atomic mass is 35.5. The van der Waals surface area contributed by atoms with E-state index in [0.29, 0.717) is 39.6 Å². The van der Waals surface area contributed by atoms with Gasteiger partial charge in [0.1, 0.15) is 80.3 Å². The third-order valence-electron chi connectivity index (χ3n) is 15.3. The van der Waals surface area contributed by atoms with Crippen molar-refractivity contribution in [3.63, 3.8) is 0 Å². The quantitative estimate of drug-likeness (QED) is 0.0139. The van der Waals surface area contributed by atoms with E-state index < -0.39 is 214 Å². The highest BCUT2D eigenvalue weighted by Crippen LogP contribution is 2.43. The van der Waals surface area contributed by atoms with Crippen LogP contribution in [0, 0.1) is 0 Å². The molecule has 9 N–H and O–H groups in total. The predicted molar refractivity (Wildman–Crippen MR) is 341 cm³/mol. The number of carbonyl (C=O) groups is 10. The molecule has 104 heavy (non-hydrogen) atoms. The smallest absolute Gasteiger partial charge is 0.366 e. The summed E-state index contributed by atoms with van der Waals surface area (Å²) in [6.07, 6.45) is -36.3. The van der Waals surface area contributed by atoms with Gasteiger partial charge in [-0.3, -0.25) is 38.4 Å². The molecule has 4 aliphatic heterocycles. The van der Waals surface area contributed by atoms with E-state index in [1.165, 1.54) is 31.2 Å². The molecule has 1 aromatic rings. The molecule has 0 saturated carbocycles. The van der Waals surface area contributed by atoms with E-state index >= 15 is 4.79 Å². The van der Waals surface area contributed by atoms with Gasteiger partial charge >= 0.3 is 47.8 Å². The molecule has 4 saturated heterocycles. The summed E-state index contributed by atoms with van der Waals surface area (Å²) in [5.74, 6) is -14.1. The molecule has 39 heteroatoms. The van der Waals surface area contributed by atoms with Gasteiger partial charge in [-0.25, -0.2) is 9.59 Å². The number of esters is 8.